The van der Waals surface area contributed by atoms with Gasteiger partial charge in [-0.15, -0.1) is 0 Å². The number of rotatable bonds is 3. The Morgan fingerprint density at radius 3 is 2.50 bits per heavy atom. The minimum atomic E-state index is 0.796. The second-order valence-electron chi connectivity index (χ2n) is 3.86. The fourth-order valence-electron chi connectivity index (χ4n) is 1.67. The van der Waals surface area contributed by atoms with E-state index in [2.05, 4.69) is 30.4 Å². The molecule has 0 spiro atoms. The average Bonchev–Trinajstić information content (AvgIpc) is 2.27. The molecule has 0 saturated carbocycles. The van der Waals surface area contributed by atoms with Crippen LogP contribution in [0.5, 0.6) is 0 Å². The number of anilines is 1. The van der Waals surface area contributed by atoms with Crippen LogP contribution in [0.1, 0.15) is 11.1 Å². The minimum Gasteiger partial charge on any atom is -0.381 e. The molecule has 0 aromatic heterocycles. The molecule has 0 saturated heterocycles. The molecule has 0 fully saturated rings. The Bertz CT molecular complexity index is 445. The summed E-state index contributed by atoms with van der Waals surface area (Å²) in [6.07, 6.45) is 0. The molecule has 0 atom stereocenters. The molecule has 0 aliphatic heterocycles. The van der Waals surface area contributed by atoms with E-state index in [1.807, 2.05) is 30.3 Å². The van der Waals surface area contributed by atoms with Gasteiger partial charge in [0.25, 0.3) is 0 Å². The first-order chi connectivity index (χ1) is 7.74. The van der Waals surface area contributed by atoms with E-state index in [1.54, 1.807) is 0 Å². The molecule has 82 valence electrons. The second-order valence-corrected chi connectivity index (χ2v) is 4.29. The highest BCUT2D eigenvalue weighted by Crippen LogP contribution is 2.16. The van der Waals surface area contributed by atoms with Crippen LogP contribution in [-0.4, -0.2) is 0 Å². The Labute approximate surface area is 101 Å². The van der Waals surface area contributed by atoms with Crippen molar-refractivity contribution in [1.82, 2.24) is 0 Å². The van der Waals surface area contributed by atoms with Crippen LogP contribution < -0.4 is 5.32 Å². The van der Waals surface area contributed by atoms with E-state index in [0.717, 1.165) is 17.3 Å². The number of benzene rings is 2. The van der Waals surface area contributed by atoms with Gasteiger partial charge in [0.1, 0.15) is 0 Å². The summed E-state index contributed by atoms with van der Waals surface area (Å²) in [5, 5.41) is 4.15. The number of nitrogens with one attached hydrogen (secondary N) is 1. The Kier molecular flexibility index (Phi) is 3.47. The lowest BCUT2D eigenvalue weighted by Gasteiger charge is -2.07. The highest BCUT2D eigenvalue weighted by molar-refractivity contribution is 6.30. The van der Waals surface area contributed by atoms with Crippen LogP contribution in [0.2, 0.25) is 5.02 Å². The van der Waals surface area contributed by atoms with Gasteiger partial charge in [0.15, 0.2) is 0 Å². The quantitative estimate of drug-likeness (QED) is 0.832. The summed E-state index contributed by atoms with van der Waals surface area (Å²) < 4.78 is 0. The molecule has 0 unspecified atom stereocenters. The fraction of sp³-hybridized carbons (Fsp3) is 0.143. The van der Waals surface area contributed by atoms with Crippen LogP contribution in [0.3, 0.4) is 0 Å². The van der Waals surface area contributed by atoms with E-state index in [1.165, 1.54) is 11.1 Å². The van der Waals surface area contributed by atoms with Gasteiger partial charge in [-0.25, -0.2) is 0 Å². The molecule has 2 rings (SSSR count). The lowest BCUT2D eigenvalue weighted by atomic mass is 10.1. The lowest BCUT2D eigenvalue weighted by molar-refractivity contribution is 1.14. The smallest absolute Gasteiger partial charge is 0.0412 e. The second kappa shape index (κ2) is 5.04. The van der Waals surface area contributed by atoms with Crippen molar-refractivity contribution in [1.29, 1.82) is 0 Å². The van der Waals surface area contributed by atoms with Gasteiger partial charge < -0.3 is 5.32 Å². The van der Waals surface area contributed by atoms with Crippen molar-refractivity contribution in [2.45, 2.75) is 13.5 Å². The SMILES string of the molecule is Cc1cc(Cl)cc(CNc2ccccc2)c1. The van der Waals surface area contributed by atoms with Crippen LogP contribution in [-0.2, 0) is 6.54 Å². The van der Waals surface area contributed by atoms with Crippen LogP contribution in [0, 0.1) is 6.92 Å². The average molecular weight is 232 g/mol. The first-order valence-corrected chi connectivity index (χ1v) is 5.67. The molecule has 1 nitrogen and oxygen atoms in total. The van der Waals surface area contributed by atoms with Crippen molar-refractivity contribution < 1.29 is 0 Å². The zero-order valence-corrected chi connectivity index (χ0v) is 9.96. The number of hydrogen-bond acceptors (Lipinski definition) is 1. The van der Waals surface area contributed by atoms with Crippen molar-refractivity contribution in [2.24, 2.45) is 0 Å². The minimum absolute atomic E-state index is 0.796. The lowest BCUT2D eigenvalue weighted by Crippen LogP contribution is -1.99. The molecule has 1 N–H and O–H groups in total. The van der Waals surface area contributed by atoms with Crippen LogP contribution >= 0.6 is 11.6 Å². The van der Waals surface area contributed by atoms with Crippen molar-refractivity contribution in [3.05, 3.63) is 64.7 Å². The molecule has 0 amide bonds. The van der Waals surface area contributed by atoms with Crippen molar-refractivity contribution in [3.63, 3.8) is 0 Å². The van der Waals surface area contributed by atoms with E-state index in [4.69, 9.17) is 11.6 Å². The van der Waals surface area contributed by atoms with E-state index in [0.29, 0.717) is 0 Å². The molecule has 0 radical (unpaired) electrons. The molecular weight excluding hydrogens is 218 g/mol. The van der Waals surface area contributed by atoms with Gasteiger partial charge in [-0.1, -0.05) is 35.9 Å². The Balaban J connectivity index is 2.05. The highest BCUT2D eigenvalue weighted by Gasteiger charge is 1.97. The predicted molar refractivity (Wildman–Crippen MR) is 70.0 cm³/mol. The maximum Gasteiger partial charge on any atom is 0.0412 e. The van der Waals surface area contributed by atoms with Crippen molar-refractivity contribution >= 4 is 17.3 Å². The third-order valence-electron chi connectivity index (χ3n) is 2.37. The van der Waals surface area contributed by atoms with Crippen molar-refractivity contribution in [2.75, 3.05) is 5.32 Å². The monoisotopic (exact) mass is 231 g/mol. The van der Waals surface area contributed by atoms with E-state index < -0.39 is 0 Å². The zero-order valence-electron chi connectivity index (χ0n) is 9.20. The molecule has 0 aliphatic carbocycles. The third-order valence-corrected chi connectivity index (χ3v) is 2.59. The molecule has 2 aromatic carbocycles. The first kappa shape index (κ1) is 11.0. The van der Waals surface area contributed by atoms with E-state index in [9.17, 15) is 0 Å². The van der Waals surface area contributed by atoms with Gasteiger partial charge in [0.05, 0.1) is 0 Å². The predicted octanol–water partition coefficient (Wildman–Crippen LogP) is 4.26. The third kappa shape index (κ3) is 3.01. The maximum absolute atomic E-state index is 6.00. The summed E-state index contributed by atoms with van der Waals surface area (Å²) in [4.78, 5) is 0. The summed E-state index contributed by atoms with van der Waals surface area (Å²) in [6, 6.07) is 16.3. The van der Waals surface area contributed by atoms with Crippen LogP contribution in [0.25, 0.3) is 0 Å². The van der Waals surface area contributed by atoms with Gasteiger partial charge >= 0.3 is 0 Å². The molecule has 2 heteroatoms. The maximum atomic E-state index is 6.00. The van der Waals surface area contributed by atoms with Crippen LogP contribution in [0.4, 0.5) is 5.69 Å². The summed E-state index contributed by atoms with van der Waals surface area (Å²) >= 11 is 6.00. The number of hydrogen-bond donors (Lipinski definition) is 1. The largest absolute Gasteiger partial charge is 0.381 e. The summed E-state index contributed by atoms with van der Waals surface area (Å²) in [5.41, 5.74) is 3.52. The van der Waals surface area contributed by atoms with Gasteiger partial charge in [-0.05, 0) is 42.3 Å². The standard InChI is InChI=1S/C14H14ClN/c1-11-7-12(9-13(15)8-11)10-16-14-5-3-2-4-6-14/h2-9,16H,10H2,1H3. The van der Waals surface area contributed by atoms with Crippen LogP contribution in [0.15, 0.2) is 48.5 Å². The molecule has 16 heavy (non-hydrogen) atoms. The molecule has 0 aliphatic rings. The Morgan fingerprint density at radius 1 is 1.06 bits per heavy atom. The number of aryl methyl sites for hydroxylation is 1. The Morgan fingerprint density at radius 2 is 1.81 bits per heavy atom. The molecular formula is C14H14ClN. The summed E-state index contributed by atoms with van der Waals surface area (Å²) in [6.45, 7) is 2.85. The zero-order chi connectivity index (χ0) is 11.4. The normalized spacial score (nSPS) is 10.1. The summed E-state index contributed by atoms with van der Waals surface area (Å²) in [7, 11) is 0. The van der Waals surface area contributed by atoms with E-state index >= 15 is 0 Å². The van der Waals surface area contributed by atoms with Gasteiger partial charge in [-0.3, -0.25) is 0 Å². The van der Waals surface area contributed by atoms with Gasteiger partial charge in [0, 0.05) is 17.3 Å². The van der Waals surface area contributed by atoms with E-state index in [-0.39, 0.29) is 0 Å². The van der Waals surface area contributed by atoms with Gasteiger partial charge in [-0.2, -0.15) is 0 Å². The summed E-state index contributed by atoms with van der Waals surface area (Å²) in [5.74, 6) is 0. The van der Waals surface area contributed by atoms with Crippen molar-refractivity contribution in [3.8, 4) is 0 Å². The highest BCUT2D eigenvalue weighted by atomic mass is 35.5. The van der Waals surface area contributed by atoms with Gasteiger partial charge in [0.2, 0.25) is 0 Å². The first-order valence-electron chi connectivity index (χ1n) is 5.29. The fourth-order valence-corrected chi connectivity index (χ4v) is 1.99. The molecule has 2 aromatic rings. The molecule has 0 heterocycles. The topological polar surface area (TPSA) is 12.0 Å². The molecule has 0 bridgehead atoms. The Hall–Kier alpha value is -1.47. The number of para-hydroxylation sites is 1. The number of halogens is 1.